The smallest absolute Gasteiger partial charge is 0.131 e. The van der Waals surface area contributed by atoms with E-state index in [0.29, 0.717) is 6.42 Å². The quantitative estimate of drug-likeness (QED) is 0.685. The Bertz CT molecular complexity index is 278. The van der Waals surface area contributed by atoms with Crippen LogP contribution in [0.2, 0.25) is 0 Å². The highest BCUT2D eigenvalue weighted by Crippen LogP contribution is 2.12. The molecule has 0 aliphatic heterocycles. The molecule has 0 spiro atoms. The van der Waals surface area contributed by atoms with Crippen LogP contribution in [-0.2, 0) is 4.79 Å². The van der Waals surface area contributed by atoms with Crippen LogP contribution in [0.15, 0.2) is 12.4 Å². The van der Waals surface area contributed by atoms with Crippen LogP contribution in [0.3, 0.4) is 0 Å². The summed E-state index contributed by atoms with van der Waals surface area (Å²) >= 11 is 0. The van der Waals surface area contributed by atoms with Gasteiger partial charge in [-0.05, 0) is 20.8 Å². The molecule has 3 heteroatoms. The van der Waals surface area contributed by atoms with E-state index in [-0.39, 0.29) is 11.8 Å². The summed E-state index contributed by atoms with van der Waals surface area (Å²) in [4.78, 5) is 14.9. The molecule has 1 rings (SSSR count). The second-order valence-electron chi connectivity index (χ2n) is 3.14. The maximum absolute atomic E-state index is 10.8. The summed E-state index contributed by atoms with van der Waals surface area (Å²) in [6.07, 6.45) is 4.24. The topological polar surface area (TPSA) is 34.9 Å². The third-order valence-electron chi connectivity index (χ3n) is 1.92. The highest BCUT2D eigenvalue weighted by molar-refractivity contribution is 5.75. The van der Waals surface area contributed by atoms with Gasteiger partial charge in [0.25, 0.3) is 0 Å². The Labute approximate surface area is 72.4 Å². The summed E-state index contributed by atoms with van der Waals surface area (Å²) in [5.41, 5.74) is 0. The van der Waals surface area contributed by atoms with Gasteiger partial charge in [-0.25, -0.2) is 4.98 Å². The summed E-state index contributed by atoms with van der Waals surface area (Å²) in [5, 5.41) is 0. The van der Waals surface area contributed by atoms with Crippen LogP contribution in [0.1, 0.15) is 32.1 Å². The number of hydrogen-bond acceptors (Lipinski definition) is 2. The molecule has 1 atom stereocenters. The summed E-state index contributed by atoms with van der Waals surface area (Å²) in [6, 6.07) is 0.227. The molecular weight excluding hydrogens is 152 g/mol. The lowest BCUT2D eigenvalue weighted by Crippen LogP contribution is -2.09. The molecule has 0 N–H and O–H groups in total. The number of hydrogen-bond donors (Lipinski definition) is 0. The molecule has 0 saturated heterocycles. The first kappa shape index (κ1) is 8.97. The molecular formula is C9H14N2O. The van der Waals surface area contributed by atoms with Gasteiger partial charge in [-0.3, -0.25) is 4.79 Å². The van der Waals surface area contributed by atoms with Gasteiger partial charge in [-0.1, -0.05) is 0 Å². The zero-order valence-corrected chi connectivity index (χ0v) is 7.74. The third kappa shape index (κ3) is 1.94. The number of carbonyl (C=O) groups is 1. The van der Waals surface area contributed by atoms with Gasteiger partial charge in [0.1, 0.15) is 11.6 Å². The molecule has 0 amide bonds. The second kappa shape index (κ2) is 3.52. The molecule has 0 aromatic carbocycles. The predicted molar refractivity (Wildman–Crippen MR) is 47.0 cm³/mol. The van der Waals surface area contributed by atoms with E-state index in [9.17, 15) is 4.79 Å². The van der Waals surface area contributed by atoms with Gasteiger partial charge in [0, 0.05) is 24.9 Å². The zero-order chi connectivity index (χ0) is 9.14. The first-order chi connectivity index (χ1) is 5.61. The van der Waals surface area contributed by atoms with E-state index in [1.165, 1.54) is 0 Å². The van der Waals surface area contributed by atoms with Crippen LogP contribution < -0.4 is 0 Å². The average molecular weight is 166 g/mol. The predicted octanol–water partition coefficient (Wildman–Crippen LogP) is 1.73. The van der Waals surface area contributed by atoms with Crippen molar-refractivity contribution in [3.63, 3.8) is 0 Å². The largest absolute Gasteiger partial charge is 0.332 e. The molecule has 0 bridgehead atoms. The van der Waals surface area contributed by atoms with Gasteiger partial charge in [0.2, 0.25) is 0 Å². The van der Waals surface area contributed by atoms with Crippen molar-refractivity contribution in [1.82, 2.24) is 9.55 Å². The molecule has 1 aromatic heterocycles. The fourth-order valence-electron chi connectivity index (χ4n) is 1.37. The summed E-state index contributed by atoms with van der Waals surface area (Å²) in [5.74, 6) is 1.18. The lowest BCUT2D eigenvalue weighted by atomic mass is 10.2. The Hall–Kier alpha value is -1.12. The Morgan fingerprint density at radius 1 is 1.75 bits per heavy atom. The van der Waals surface area contributed by atoms with E-state index in [1.807, 2.05) is 24.6 Å². The Balaban J connectivity index is 2.71. The lowest BCUT2D eigenvalue weighted by Gasteiger charge is -2.12. The van der Waals surface area contributed by atoms with Crippen molar-refractivity contribution in [2.45, 2.75) is 33.2 Å². The van der Waals surface area contributed by atoms with Gasteiger partial charge in [0.05, 0.1) is 0 Å². The van der Waals surface area contributed by atoms with E-state index in [0.717, 1.165) is 5.82 Å². The van der Waals surface area contributed by atoms with E-state index in [2.05, 4.69) is 4.98 Å². The van der Waals surface area contributed by atoms with Gasteiger partial charge >= 0.3 is 0 Å². The number of carbonyl (C=O) groups excluding carboxylic acids is 1. The number of nitrogens with zero attached hydrogens (tertiary/aromatic N) is 2. The maximum Gasteiger partial charge on any atom is 0.131 e. The number of aromatic nitrogens is 2. The Morgan fingerprint density at radius 2 is 2.42 bits per heavy atom. The number of imidazole rings is 1. The fraction of sp³-hybridized carbons (Fsp3) is 0.556. The van der Waals surface area contributed by atoms with Crippen molar-refractivity contribution in [2.24, 2.45) is 0 Å². The van der Waals surface area contributed by atoms with Crippen molar-refractivity contribution in [1.29, 1.82) is 0 Å². The molecule has 0 radical (unpaired) electrons. The van der Waals surface area contributed by atoms with Crippen LogP contribution >= 0.6 is 0 Å². The molecule has 1 heterocycles. The van der Waals surface area contributed by atoms with E-state index >= 15 is 0 Å². The highest BCUT2D eigenvalue weighted by atomic mass is 16.1. The third-order valence-corrected chi connectivity index (χ3v) is 1.92. The Kier molecular flexibility index (Phi) is 2.63. The summed E-state index contributed by atoms with van der Waals surface area (Å²) in [7, 11) is 0. The van der Waals surface area contributed by atoms with Gasteiger partial charge < -0.3 is 4.57 Å². The zero-order valence-electron chi connectivity index (χ0n) is 7.74. The van der Waals surface area contributed by atoms with Crippen LogP contribution in [0.25, 0.3) is 0 Å². The van der Waals surface area contributed by atoms with E-state index in [1.54, 1.807) is 13.1 Å². The fourth-order valence-corrected chi connectivity index (χ4v) is 1.37. The molecule has 1 unspecified atom stereocenters. The van der Waals surface area contributed by atoms with E-state index in [4.69, 9.17) is 0 Å². The van der Waals surface area contributed by atoms with E-state index < -0.39 is 0 Å². The standard InChI is InChI=1S/C9H14N2O/c1-7(6-8(2)12)11-5-4-10-9(11)3/h4-5,7H,6H2,1-3H3. The number of Topliss-reactive ketones (excluding diaryl/α,β-unsaturated/α-hetero) is 1. The van der Waals surface area contributed by atoms with Gasteiger partial charge in [-0.2, -0.15) is 0 Å². The van der Waals surface area contributed by atoms with Gasteiger partial charge in [-0.15, -0.1) is 0 Å². The lowest BCUT2D eigenvalue weighted by molar-refractivity contribution is -0.117. The average Bonchev–Trinajstić information content (AvgIpc) is 2.33. The normalized spacial score (nSPS) is 12.9. The molecule has 66 valence electrons. The number of ketones is 1. The molecule has 0 aliphatic carbocycles. The summed E-state index contributed by atoms with van der Waals surface area (Å²) < 4.78 is 2.02. The molecule has 12 heavy (non-hydrogen) atoms. The summed E-state index contributed by atoms with van der Waals surface area (Å²) in [6.45, 7) is 5.58. The minimum atomic E-state index is 0.218. The van der Waals surface area contributed by atoms with Crippen LogP contribution in [-0.4, -0.2) is 15.3 Å². The van der Waals surface area contributed by atoms with Crippen LogP contribution in [0.4, 0.5) is 0 Å². The monoisotopic (exact) mass is 166 g/mol. The second-order valence-corrected chi connectivity index (χ2v) is 3.14. The first-order valence-electron chi connectivity index (χ1n) is 4.10. The molecule has 1 aromatic rings. The minimum absolute atomic E-state index is 0.218. The van der Waals surface area contributed by atoms with Crippen molar-refractivity contribution >= 4 is 5.78 Å². The van der Waals surface area contributed by atoms with Crippen LogP contribution in [0, 0.1) is 6.92 Å². The Morgan fingerprint density at radius 3 is 2.83 bits per heavy atom. The van der Waals surface area contributed by atoms with Crippen LogP contribution in [0.5, 0.6) is 0 Å². The van der Waals surface area contributed by atoms with Crippen molar-refractivity contribution in [3.05, 3.63) is 18.2 Å². The molecule has 0 fully saturated rings. The number of aryl methyl sites for hydroxylation is 1. The van der Waals surface area contributed by atoms with Crippen molar-refractivity contribution < 1.29 is 4.79 Å². The van der Waals surface area contributed by atoms with Crippen molar-refractivity contribution in [3.8, 4) is 0 Å². The molecule has 0 aliphatic rings. The molecule has 0 saturated carbocycles. The van der Waals surface area contributed by atoms with Gasteiger partial charge in [0.15, 0.2) is 0 Å². The molecule has 3 nitrogen and oxygen atoms in total. The SMILES string of the molecule is CC(=O)CC(C)n1ccnc1C. The highest BCUT2D eigenvalue weighted by Gasteiger charge is 2.08. The maximum atomic E-state index is 10.8. The minimum Gasteiger partial charge on any atom is -0.332 e. The number of rotatable bonds is 3. The first-order valence-corrected chi connectivity index (χ1v) is 4.10. The van der Waals surface area contributed by atoms with Crippen molar-refractivity contribution in [2.75, 3.05) is 0 Å².